The number of hydrogen-bond donors (Lipinski definition) is 0. The minimum Gasteiger partial charge on any atom is -0.207 e. The minimum atomic E-state index is -0.138. The van der Waals surface area contributed by atoms with Crippen molar-refractivity contribution < 1.29 is 4.39 Å². The maximum atomic E-state index is 13.0. The molecule has 1 aliphatic carbocycles. The molecule has 80 valence electrons. The molecular formula is C14H17F. The predicted molar refractivity (Wildman–Crippen MR) is 62.1 cm³/mol. The average Bonchev–Trinajstić information content (AvgIpc) is 2.20. The largest absolute Gasteiger partial charge is 0.207 e. The standard InChI is InChI=1S/C14H17F/c1-10-3-5-12(6-4-10)14-8-7-13(15)9-11(14)2/h5,7-10H,3-4,6H2,1-2H3. The van der Waals surface area contributed by atoms with Crippen molar-refractivity contribution in [2.45, 2.75) is 33.1 Å². The van der Waals surface area contributed by atoms with Gasteiger partial charge in [-0.05, 0) is 60.9 Å². The molecule has 0 bridgehead atoms. The van der Waals surface area contributed by atoms with E-state index in [1.165, 1.54) is 17.6 Å². The highest BCUT2D eigenvalue weighted by molar-refractivity contribution is 5.68. The number of benzene rings is 1. The first kappa shape index (κ1) is 10.4. The molecule has 1 atom stereocenters. The Balaban J connectivity index is 2.30. The van der Waals surface area contributed by atoms with Crippen molar-refractivity contribution >= 4 is 5.57 Å². The lowest BCUT2D eigenvalue weighted by Crippen LogP contribution is -2.02. The Bertz CT molecular complexity index is 390. The Hall–Kier alpha value is -1.11. The lowest BCUT2D eigenvalue weighted by molar-refractivity contribution is 0.533. The molecule has 0 nitrogen and oxygen atoms in total. The minimum absolute atomic E-state index is 0.138. The number of allylic oxidation sites excluding steroid dienone is 2. The zero-order valence-electron chi connectivity index (χ0n) is 9.39. The summed E-state index contributed by atoms with van der Waals surface area (Å²) in [5.74, 6) is 0.663. The van der Waals surface area contributed by atoms with Crippen molar-refractivity contribution in [2.24, 2.45) is 5.92 Å². The second kappa shape index (κ2) is 4.18. The van der Waals surface area contributed by atoms with E-state index in [4.69, 9.17) is 0 Å². The van der Waals surface area contributed by atoms with Crippen LogP contribution < -0.4 is 0 Å². The van der Waals surface area contributed by atoms with Gasteiger partial charge in [0.2, 0.25) is 0 Å². The number of hydrogen-bond acceptors (Lipinski definition) is 0. The summed E-state index contributed by atoms with van der Waals surface area (Å²) in [6.45, 7) is 4.27. The van der Waals surface area contributed by atoms with Gasteiger partial charge in [0.25, 0.3) is 0 Å². The van der Waals surface area contributed by atoms with Gasteiger partial charge in [0, 0.05) is 0 Å². The highest BCUT2D eigenvalue weighted by Gasteiger charge is 2.12. The van der Waals surface area contributed by atoms with Crippen molar-refractivity contribution in [3.63, 3.8) is 0 Å². The molecule has 0 amide bonds. The molecule has 1 aromatic carbocycles. The van der Waals surface area contributed by atoms with Gasteiger partial charge < -0.3 is 0 Å². The molecule has 2 rings (SSSR count). The summed E-state index contributed by atoms with van der Waals surface area (Å²) in [5.41, 5.74) is 3.67. The third kappa shape index (κ3) is 2.28. The first-order valence-electron chi connectivity index (χ1n) is 5.62. The van der Waals surface area contributed by atoms with Crippen LogP contribution >= 0.6 is 0 Å². The van der Waals surface area contributed by atoms with E-state index in [9.17, 15) is 4.39 Å². The fourth-order valence-corrected chi connectivity index (χ4v) is 2.20. The monoisotopic (exact) mass is 204 g/mol. The van der Waals surface area contributed by atoms with Crippen LogP contribution in [0.4, 0.5) is 4.39 Å². The zero-order chi connectivity index (χ0) is 10.8. The molecule has 0 spiro atoms. The van der Waals surface area contributed by atoms with Crippen LogP contribution in [0.5, 0.6) is 0 Å². The normalized spacial score (nSPS) is 21.3. The summed E-state index contributed by atoms with van der Waals surface area (Å²) < 4.78 is 13.0. The molecule has 0 saturated heterocycles. The van der Waals surface area contributed by atoms with Crippen molar-refractivity contribution in [2.75, 3.05) is 0 Å². The fourth-order valence-electron chi connectivity index (χ4n) is 2.20. The molecule has 0 N–H and O–H groups in total. The van der Waals surface area contributed by atoms with Crippen molar-refractivity contribution in [1.29, 1.82) is 0 Å². The van der Waals surface area contributed by atoms with Gasteiger partial charge in [-0.3, -0.25) is 0 Å². The van der Waals surface area contributed by atoms with Crippen LogP contribution in [-0.2, 0) is 0 Å². The molecular weight excluding hydrogens is 187 g/mol. The number of rotatable bonds is 1. The predicted octanol–water partition coefficient (Wildman–Crippen LogP) is 4.34. The maximum absolute atomic E-state index is 13.0. The third-order valence-corrected chi connectivity index (χ3v) is 3.21. The van der Waals surface area contributed by atoms with Gasteiger partial charge in [-0.1, -0.05) is 19.1 Å². The molecule has 1 aliphatic rings. The van der Waals surface area contributed by atoms with Crippen molar-refractivity contribution in [1.82, 2.24) is 0 Å². The van der Waals surface area contributed by atoms with E-state index in [1.807, 2.05) is 13.0 Å². The van der Waals surface area contributed by atoms with Gasteiger partial charge >= 0.3 is 0 Å². The van der Waals surface area contributed by atoms with E-state index in [-0.39, 0.29) is 5.82 Å². The Labute approximate surface area is 90.8 Å². The molecule has 1 aromatic rings. The van der Waals surface area contributed by atoms with Gasteiger partial charge in [0.15, 0.2) is 0 Å². The van der Waals surface area contributed by atoms with Crippen LogP contribution in [0.3, 0.4) is 0 Å². The van der Waals surface area contributed by atoms with Crippen LogP contribution in [0.2, 0.25) is 0 Å². The van der Waals surface area contributed by atoms with Gasteiger partial charge in [-0.25, -0.2) is 4.39 Å². The van der Waals surface area contributed by atoms with Crippen molar-refractivity contribution in [3.8, 4) is 0 Å². The summed E-state index contributed by atoms with van der Waals surface area (Å²) in [6, 6.07) is 5.09. The molecule has 0 saturated carbocycles. The Morgan fingerprint density at radius 2 is 2.13 bits per heavy atom. The molecule has 0 radical (unpaired) electrons. The summed E-state index contributed by atoms with van der Waals surface area (Å²) in [7, 11) is 0. The maximum Gasteiger partial charge on any atom is 0.123 e. The van der Waals surface area contributed by atoms with Gasteiger partial charge in [0.05, 0.1) is 0 Å². The Morgan fingerprint density at radius 1 is 1.33 bits per heavy atom. The Kier molecular flexibility index (Phi) is 2.90. The SMILES string of the molecule is Cc1cc(F)ccc1C1=CCC(C)CC1. The molecule has 0 aliphatic heterocycles. The van der Waals surface area contributed by atoms with E-state index in [0.717, 1.165) is 24.3 Å². The summed E-state index contributed by atoms with van der Waals surface area (Å²) >= 11 is 0. The van der Waals surface area contributed by atoms with E-state index in [1.54, 1.807) is 12.1 Å². The first-order chi connectivity index (χ1) is 7.16. The molecule has 1 heteroatoms. The first-order valence-corrected chi connectivity index (χ1v) is 5.62. The van der Waals surface area contributed by atoms with E-state index < -0.39 is 0 Å². The van der Waals surface area contributed by atoms with Gasteiger partial charge in [-0.15, -0.1) is 0 Å². The molecule has 1 unspecified atom stereocenters. The summed E-state index contributed by atoms with van der Waals surface area (Å²) in [5, 5.41) is 0. The van der Waals surface area contributed by atoms with Crippen LogP contribution in [0.25, 0.3) is 5.57 Å². The average molecular weight is 204 g/mol. The van der Waals surface area contributed by atoms with Crippen LogP contribution in [-0.4, -0.2) is 0 Å². The fraction of sp³-hybridized carbons (Fsp3) is 0.429. The van der Waals surface area contributed by atoms with E-state index >= 15 is 0 Å². The van der Waals surface area contributed by atoms with Gasteiger partial charge in [0.1, 0.15) is 5.82 Å². The lowest BCUT2D eigenvalue weighted by atomic mass is 9.86. The molecule has 15 heavy (non-hydrogen) atoms. The summed E-state index contributed by atoms with van der Waals surface area (Å²) in [6.07, 6.45) is 5.86. The van der Waals surface area contributed by atoms with Crippen molar-refractivity contribution in [3.05, 3.63) is 41.2 Å². The van der Waals surface area contributed by atoms with E-state index in [2.05, 4.69) is 13.0 Å². The van der Waals surface area contributed by atoms with E-state index in [0.29, 0.717) is 0 Å². The van der Waals surface area contributed by atoms with Crippen LogP contribution in [0.1, 0.15) is 37.3 Å². The number of aryl methyl sites for hydroxylation is 1. The lowest BCUT2D eigenvalue weighted by Gasteiger charge is -2.19. The third-order valence-electron chi connectivity index (χ3n) is 3.21. The smallest absolute Gasteiger partial charge is 0.123 e. The Morgan fingerprint density at radius 3 is 2.73 bits per heavy atom. The zero-order valence-corrected chi connectivity index (χ0v) is 9.39. The van der Waals surface area contributed by atoms with Crippen LogP contribution in [0.15, 0.2) is 24.3 Å². The highest BCUT2D eigenvalue weighted by atomic mass is 19.1. The topological polar surface area (TPSA) is 0 Å². The second-order valence-corrected chi connectivity index (χ2v) is 4.57. The summed E-state index contributed by atoms with van der Waals surface area (Å²) in [4.78, 5) is 0. The molecule has 0 heterocycles. The molecule has 0 aromatic heterocycles. The molecule has 0 fully saturated rings. The quantitative estimate of drug-likeness (QED) is 0.638. The number of halogens is 1. The second-order valence-electron chi connectivity index (χ2n) is 4.57. The van der Waals surface area contributed by atoms with Gasteiger partial charge in [-0.2, -0.15) is 0 Å². The highest BCUT2D eigenvalue weighted by Crippen LogP contribution is 2.31. The van der Waals surface area contributed by atoms with Crippen LogP contribution in [0, 0.1) is 18.7 Å².